The molecule has 1 aliphatic rings. The monoisotopic (exact) mass is 297 g/mol. The summed E-state index contributed by atoms with van der Waals surface area (Å²) >= 11 is 0. The van der Waals surface area contributed by atoms with Gasteiger partial charge in [0, 0.05) is 0 Å². The number of halogens is 3. The topological polar surface area (TPSA) is 73.2 Å². The number of nitriles is 1. The van der Waals surface area contributed by atoms with E-state index < -0.39 is 35.8 Å². The smallest absolute Gasteiger partial charge is 0.319 e. The van der Waals surface area contributed by atoms with Crippen molar-refractivity contribution >= 4 is 11.9 Å². The van der Waals surface area contributed by atoms with Crippen molar-refractivity contribution in [3.63, 3.8) is 0 Å². The molecule has 0 saturated carbocycles. The van der Waals surface area contributed by atoms with Gasteiger partial charge in [-0.05, 0) is 18.6 Å². The maximum absolute atomic E-state index is 13.1. The van der Waals surface area contributed by atoms with E-state index in [2.05, 4.69) is 5.32 Å². The van der Waals surface area contributed by atoms with E-state index in [9.17, 15) is 22.8 Å². The van der Waals surface area contributed by atoms with Crippen LogP contribution in [0.1, 0.15) is 18.1 Å². The van der Waals surface area contributed by atoms with E-state index in [0.717, 1.165) is 12.1 Å². The lowest BCUT2D eigenvalue weighted by molar-refractivity contribution is -0.140. The number of urea groups is 1. The van der Waals surface area contributed by atoms with E-state index in [1.54, 1.807) is 6.07 Å². The minimum Gasteiger partial charge on any atom is -0.319 e. The molecule has 1 atom stereocenters. The zero-order valence-electron chi connectivity index (χ0n) is 10.9. The second-order valence-electron chi connectivity index (χ2n) is 4.65. The fraction of sp³-hybridized carbons (Fsp3) is 0.308. The normalized spacial score (nSPS) is 22.1. The average Bonchev–Trinajstić information content (AvgIpc) is 2.63. The van der Waals surface area contributed by atoms with Crippen molar-refractivity contribution in [1.82, 2.24) is 10.2 Å². The Morgan fingerprint density at radius 1 is 1.33 bits per heavy atom. The summed E-state index contributed by atoms with van der Waals surface area (Å²) in [5.41, 5.74) is -3.20. The van der Waals surface area contributed by atoms with Crippen molar-refractivity contribution in [2.45, 2.75) is 18.6 Å². The van der Waals surface area contributed by atoms with Crippen LogP contribution in [0.3, 0.4) is 0 Å². The number of imide groups is 1. The maximum atomic E-state index is 13.1. The number of benzene rings is 1. The van der Waals surface area contributed by atoms with Gasteiger partial charge in [0.1, 0.15) is 12.1 Å². The zero-order valence-corrected chi connectivity index (χ0v) is 10.9. The second-order valence-corrected chi connectivity index (χ2v) is 4.65. The van der Waals surface area contributed by atoms with E-state index in [1.165, 1.54) is 19.1 Å². The Labute approximate surface area is 118 Å². The Balaban J connectivity index is 2.55. The highest BCUT2D eigenvalue weighted by molar-refractivity contribution is 6.07. The lowest BCUT2D eigenvalue weighted by Gasteiger charge is -2.25. The minimum atomic E-state index is -4.66. The third-order valence-electron chi connectivity index (χ3n) is 3.27. The van der Waals surface area contributed by atoms with Gasteiger partial charge in [-0.3, -0.25) is 4.79 Å². The van der Waals surface area contributed by atoms with Gasteiger partial charge in [-0.15, -0.1) is 0 Å². The first-order valence-corrected chi connectivity index (χ1v) is 5.89. The number of hydrogen-bond donors (Lipinski definition) is 1. The van der Waals surface area contributed by atoms with Crippen LogP contribution in [0.4, 0.5) is 18.0 Å². The first kappa shape index (κ1) is 14.8. The van der Waals surface area contributed by atoms with Crippen molar-refractivity contribution < 1.29 is 22.8 Å². The maximum Gasteiger partial charge on any atom is 0.416 e. The van der Waals surface area contributed by atoms with Crippen molar-refractivity contribution in [1.29, 1.82) is 5.26 Å². The molecule has 1 aromatic rings. The summed E-state index contributed by atoms with van der Waals surface area (Å²) in [5.74, 6) is -0.884. The van der Waals surface area contributed by atoms with Crippen LogP contribution >= 0.6 is 0 Å². The summed E-state index contributed by atoms with van der Waals surface area (Å²) in [6, 6.07) is 5.26. The van der Waals surface area contributed by atoms with Gasteiger partial charge >= 0.3 is 12.2 Å². The molecule has 0 spiro atoms. The van der Waals surface area contributed by atoms with Crippen LogP contribution in [0, 0.1) is 11.3 Å². The summed E-state index contributed by atoms with van der Waals surface area (Å²) in [5, 5.41) is 10.8. The Morgan fingerprint density at radius 3 is 2.52 bits per heavy atom. The first-order valence-electron chi connectivity index (χ1n) is 5.89. The summed E-state index contributed by atoms with van der Waals surface area (Å²) in [7, 11) is 0. The Bertz CT molecular complexity index is 651. The molecule has 1 aromatic carbocycles. The van der Waals surface area contributed by atoms with Gasteiger partial charge in [0.15, 0.2) is 0 Å². The molecule has 8 heteroatoms. The third kappa shape index (κ3) is 2.31. The SMILES string of the molecule is C[C@@]1(c2ccccc2C(F)(F)F)NC(=O)N(CC#N)C1=O. The van der Waals surface area contributed by atoms with Crippen molar-refractivity contribution in [2.24, 2.45) is 0 Å². The second kappa shape index (κ2) is 4.77. The lowest BCUT2D eigenvalue weighted by Crippen LogP contribution is -2.42. The number of amides is 3. The number of carbonyl (C=O) groups excluding carboxylic acids is 2. The summed E-state index contributed by atoms with van der Waals surface area (Å²) < 4.78 is 39.2. The van der Waals surface area contributed by atoms with E-state index in [4.69, 9.17) is 5.26 Å². The summed E-state index contributed by atoms with van der Waals surface area (Å²) in [6.07, 6.45) is -4.66. The van der Waals surface area contributed by atoms with Gasteiger partial charge in [-0.25, -0.2) is 9.69 Å². The molecule has 0 radical (unpaired) electrons. The van der Waals surface area contributed by atoms with Crippen LogP contribution in [0.25, 0.3) is 0 Å². The molecule has 5 nitrogen and oxygen atoms in total. The zero-order chi connectivity index (χ0) is 15.8. The molecule has 0 unspecified atom stereocenters. The van der Waals surface area contributed by atoms with Crippen LogP contribution in [-0.4, -0.2) is 23.4 Å². The largest absolute Gasteiger partial charge is 0.416 e. The molecule has 0 aromatic heterocycles. The van der Waals surface area contributed by atoms with E-state index in [-0.39, 0.29) is 5.56 Å². The fourth-order valence-electron chi connectivity index (χ4n) is 2.26. The molecule has 110 valence electrons. The van der Waals surface area contributed by atoms with Crippen molar-refractivity contribution in [3.05, 3.63) is 35.4 Å². The summed E-state index contributed by atoms with van der Waals surface area (Å²) in [4.78, 5) is 24.5. The molecule has 1 saturated heterocycles. The Hall–Kier alpha value is -2.56. The number of alkyl halides is 3. The number of nitrogens with zero attached hydrogens (tertiary/aromatic N) is 2. The van der Waals surface area contributed by atoms with Gasteiger partial charge in [0.05, 0.1) is 11.6 Å². The van der Waals surface area contributed by atoms with Crippen molar-refractivity contribution in [3.8, 4) is 6.07 Å². The molecule has 0 bridgehead atoms. The highest BCUT2D eigenvalue weighted by Crippen LogP contribution is 2.38. The standard InChI is InChI=1S/C13H10F3N3O2/c1-12(10(20)19(7-6-17)11(21)18-12)8-4-2-3-5-9(8)13(14,15)16/h2-5H,7H2,1H3,(H,18,21)/t12-/m0/s1. The molecule has 2 rings (SSSR count). The molecule has 0 aliphatic carbocycles. The molecule has 1 N–H and O–H groups in total. The van der Waals surface area contributed by atoms with Crippen LogP contribution < -0.4 is 5.32 Å². The predicted octanol–water partition coefficient (Wildman–Crippen LogP) is 2.00. The quantitative estimate of drug-likeness (QED) is 0.670. The van der Waals surface area contributed by atoms with Crippen molar-refractivity contribution in [2.75, 3.05) is 6.54 Å². The van der Waals surface area contributed by atoms with E-state index in [0.29, 0.717) is 4.90 Å². The average molecular weight is 297 g/mol. The number of carbonyl (C=O) groups is 2. The molecule has 3 amide bonds. The van der Waals surface area contributed by atoms with E-state index >= 15 is 0 Å². The predicted molar refractivity (Wildman–Crippen MR) is 64.7 cm³/mol. The Morgan fingerprint density at radius 2 is 1.95 bits per heavy atom. The molecule has 21 heavy (non-hydrogen) atoms. The van der Waals surface area contributed by atoms with Gasteiger partial charge in [-0.1, -0.05) is 18.2 Å². The van der Waals surface area contributed by atoms with Crippen LogP contribution in [0.5, 0.6) is 0 Å². The number of hydrogen-bond acceptors (Lipinski definition) is 3. The van der Waals surface area contributed by atoms with Crippen LogP contribution in [0.15, 0.2) is 24.3 Å². The summed E-state index contributed by atoms with van der Waals surface area (Å²) in [6.45, 7) is 0.670. The fourth-order valence-corrected chi connectivity index (χ4v) is 2.26. The first-order chi connectivity index (χ1) is 9.71. The highest BCUT2D eigenvalue weighted by atomic mass is 19.4. The minimum absolute atomic E-state index is 0.351. The lowest BCUT2D eigenvalue weighted by atomic mass is 9.88. The van der Waals surface area contributed by atoms with Crippen LogP contribution in [0.2, 0.25) is 0 Å². The van der Waals surface area contributed by atoms with E-state index in [1.807, 2.05) is 0 Å². The third-order valence-corrected chi connectivity index (χ3v) is 3.27. The van der Waals surface area contributed by atoms with Gasteiger partial charge in [0.25, 0.3) is 5.91 Å². The molecule has 1 heterocycles. The molecule has 1 aliphatic heterocycles. The molecular weight excluding hydrogens is 287 g/mol. The number of nitrogens with one attached hydrogen (secondary N) is 1. The molecular formula is C13H10F3N3O2. The van der Waals surface area contributed by atoms with Gasteiger partial charge < -0.3 is 5.32 Å². The van der Waals surface area contributed by atoms with Crippen LogP contribution in [-0.2, 0) is 16.5 Å². The molecule has 1 fully saturated rings. The number of rotatable bonds is 2. The highest BCUT2D eigenvalue weighted by Gasteiger charge is 2.52. The van der Waals surface area contributed by atoms with Gasteiger partial charge in [0.2, 0.25) is 0 Å². The Kier molecular flexibility index (Phi) is 3.37. The van der Waals surface area contributed by atoms with Gasteiger partial charge in [-0.2, -0.15) is 18.4 Å².